The molecule has 0 saturated carbocycles. The molecule has 1 aliphatic rings. The van der Waals surface area contributed by atoms with Gasteiger partial charge in [0.15, 0.2) is 0 Å². The normalized spacial score (nSPS) is 19.1. The molecular formula is C14H14ClN3. The van der Waals surface area contributed by atoms with Gasteiger partial charge < -0.3 is 5.32 Å². The highest BCUT2D eigenvalue weighted by atomic mass is 35.5. The van der Waals surface area contributed by atoms with Gasteiger partial charge in [0, 0.05) is 10.6 Å². The molecule has 3 nitrogen and oxygen atoms in total. The van der Waals surface area contributed by atoms with Crippen LogP contribution >= 0.6 is 11.6 Å². The molecule has 0 radical (unpaired) electrons. The maximum atomic E-state index is 5.89. The van der Waals surface area contributed by atoms with E-state index >= 15 is 0 Å². The van der Waals surface area contributed by atoms with Crippen molar-refractivity contribution in [2.75, 3.05) is 6.54 Å². The van der Waals surface area contributed by atoms with Gasteiger partial charge in [-0.2, -0.15) is 0 Å². The Labute approximate surface area is 111 Å². The molecule has 92 valence electrons. The van der Waals surface area contributed by atoms with Crippen molar-refractivity contribution >= 4 is 11.6 Å². The van der Waals surface area contributed by atoms with E-state index in [1.165, 1.54) is 6.42 Å². The predicted octanol–water partition coefficient (Wildman–Crippen LogP) is 3.22. The second-order valence-electron chi connectivity index (χ2n) is 4.49. The van der Waals surface area contributed by atoms with Crippen molar-refractivity contribution in [3.63, 3.8) is 0 Å². The Morgan fingerprint density at radius 3 is 2.72 bits per heavy atom. The van der Waals surface area contributed by atoms with E-state index in [-0.39, 0.29) is 0 Å². The fraction of sp³-hybridized carbons (Fsp3) is 0.286. The van der Waals surface area contributed by atoms with Gasteiger partial charge in [0.25, 0.3) is 0 Å². The van der Waals surface area contributed by atoms with E-state index in [1.54, 1.807) is 6.20 Å². The van der Waals surface area contributed by atoms with Crippen LogP contribution in [0.4, 0.5) is 0 Å². The number of hydrogen-bond donors (Lipinski definition) is 1. The number of aromatic nitrogens is 2. The van der Waals surface area contributed by atoms with Crippen LogP contribution in [0.25, 0.3) is 11.3 Å². The highest BCUT2D eigenvalue weighted by Gasteiger charge is 2.18. The monoisotopic (exact) mass is 259 g/mol. The molecule has 4 heteroatoms. The first-order chi connectivity index (χ1) is 8.83. The van der Waals surface area contributed by atoms with Gasteiger partial charge in [0.1, 0.15) is 0 Å². The zero-order chi connectivity index (χ0) is 12.4. The first kappa shape index (κ1) is 11.6. The van der Waals surface area contributed by atoms with E-state index in [4.69, 9.17) is 11.6 Å². The van der Waals surface area contributed by atoms with Crippen LogP contribution in [-0.4, -0.2) is 16.5 Å². The molecule has 1 unspecified atom stereocenters. The zero-order valence-electron chi connectivity index (χ0n) is 9.94. The fourth-order valence-corrected chi connectivity index (χ4v) is 2.37. The van der Waals surface area contributed by atoms with Gasteiger partial charge in [-0.3, -0.25) is 4.98 Å². The van der Waals surface area contributed by atoms with Gasteiger partial charge in [-0.25, -0.2) is 4.98 Å². The van der Waals surface area contributed by atoms with Crippen LogP contribution in [0.2, 0.25) is 5.02 Å². The van der Waals surface area contributed by atoms with Gasteiger partial charge in [-0.15, -0.1) is 0 Å². The molecule has 2 heterocycles. The quantitative estimate of drug-likeness (QED) is 0.900. The van der Waals surface area contributed by atoms with Crippen molar-refractivity contribution in [1.29, 1.82) is 0 Å². The molecule has 1 atom stereocenters. The molecule has 0 amide bonds. The van der Waals surface area contributed by atoms with Crippen LogP contribution in [0.3, 0.4) is 0 Å². The lowest BCUT2D eigenvalue weighted by Crippen LogP contribution is -2.14. The average Bonchev–Trinajstić information content (AvgIpc) is 2.94. The van der Waals surface area contributed by atoms with Gasteiger partial charge in [-0.05, 0) is 31.5 Å². The third kappa shape index (κ3) is 2.37. The van der Waals surface area contributed by atoms with Crippen LogP contribution in [0.1, 0.15) is 24.6 Å². The van der Waals surface area contributed by atoms with Crippen LogP contribution < -0.4 is 5.32 Å². The highest BCUT2D eigenvalue weighted by molar-refractivity contribution is 6.30. The maximum absolute atomic E-state index is 5.89. The molecule has 0 aliphatic carbocycles. The molecule has 3 rings (SSSR count). The van der Waals surface area contributed by atoms with Gasteiger partial charge in [0.2, 0.25) is 0 Å². The minimum Gasteiger partial charge on any atom is -0.309 e. The first-order valence-electron chi connectivity index (χ1n) is 6.14. The number of nitrogens with zero attached hydrogens (tertiary/aromatic N) is 2. The molecule has 1 fully saturated rings. The lowest BCUT2D eigenvalue weighted by molar-refractivity contribution is 0.625. The maximum Gasteiger partial charge on any atom is 0.0889 e. The fourth-order valence-electron chi connectivity index (χ4n) is 2.25. The average molecular weight is 260 g/mol. The standard InChI is InChI=1S/C14H14ClN3/c15-11-5-3-10(4-6-11)13-8-16-9-14(18-13)12-2-1-7-17-12/h3-6,8-9,12,17H,1-2,7H2. The molecule has 1 aromatic carbocycles. The van der Waals surface area contributed by atoms with Crippen molar-refractivity contribution in [1.82, 2.24) is 15.3 Å². The molecular weight excluding hydrogens is 246 g/mol. The predicted molar refractivity (Wildman–Crippen MR) is 72.5 cm³/mol. The smallest absolute Gasteiger partial charge is 0.0889 e. The van der Waals surface area contributed by atoms with Gasteiger partial charge in [0.05, 0.1) is 29.8 Å². The second kappa shape index (κ2) is 5.04. The Balaban J connectivity index is 1.92. The molecule has 2 aromatic rings. The van der Waals surface area contributed by atoms with Crippen molar-refractivity contribution in [3.05, 3.63) is 47.4 Å². The summed E-state index contributed by atoms with van der Waals surface area (Å²) in [4.78, 5) is 8.98. The summed E-state index contributed by atoms with van der Waals surface area (Å²) < 4.78 is 0. The SMILES string of the molecule is Clc1ccc(-c2cncc(C3CCCN3)n2)cc1. The summed E-state index contributed by atoms with van der Waals surface area (Å²) in [6.07, 6.45) is 5.99. The lowest BCUT2D eigenvalue weighted by atomic mass is 10.1. The molecule has 0 spiro atoms. The Morgan fingerprint density at radius 2 is 2.00 bits per heavy atom. The zero-order valence-corrected chi connectivity index (χ0v) is 10.7. The molecule has 18 heavy (non-hydrogen) atoms. The van der Waals surface area contributed by atoms with Crippen molar-refractivity contribution in [3.8, 4) is 11.3 Å². The summed E-state index contributed by atoms with van der Waals surface area (Å²) in [5.74, 6) is 0. The largest absolute Gasteiger partial charge is 0.309 e. The third-order valence-electron chi connectivity index (χ3n) is 3.21. The summed E-state index contributed by atoms with van der Waals surface area (Å²) in [6, 6.07) is 8.04. The summed E-state index contributed by atoms with van der Waals surface area (Å²) in [6.45, 7) is 1.07. The summed E-state index contributed by atoms with van der Waals surface area (Å²) in [5.41, 5.74) is 2.98. The first-order valence-corrected chi connectivity index (χ1v) is 6.52. The topological polar surface area (TPSA) is 37.8 Å². The van der Waals surface area contributed by atoms with E-state index < -0.39 is 0 Å². The van der Waals surface area contributed by atoms with Crippen molar-refractivity contribution < 1.29 is 0 Å². The van der Waals surface area contributed by atoms with Crippen LogP contribution in [-0.2, 0) is 0 Å². The van der Waals surface area contributed by atoms with Crippen molar-refractivity contribution in [2.45, 2.75) is 18.9 Å². The number of rotatable bonds is 2. The van der Waals surface area contributed by atoms with Crippen LogP contribution in [0, 0.1) is 0 Å². The van der Waals surface area contributed by atoms with Crippen molar-refractivity contribution in [2.24, 2.45) is 0 Å². The van der Waals surface area contributed by atoms with E-state index in [0.717, 1.165) is 34.9 Å². The van der Waals surface area contributed by atoms with E-state index in [9.17, 15) is 0 Å². The third-order valence-corrected chi connectivity index (χ3v) is 3.46. The Morgan fingerprint density at radius 1 is 1.17 bits per heavy atom. The molecule has 0 bridgehead atoms. The van der Waals surface area contributed by atoms with Gasteiger partial charge in [-0.1, -0.05) is 23.7 Å². The number of benzene rings is 1. The summed E-state index contributed by atoms with van der Waals surface area (Å²) in [7, 11) is 0. The molecule has 1 N–H and O–H groups in total. The Bertz CT molecular complexity index is 533. The Kier molecular flexibility index (Phi) is 3.26. The summed E-state index contributed by atoms with van der Waals surface area (Å²) >= 11 is 5.89. The van der Waals surface area contributed by atoms with Crippen LogP contribution in [0.15, 0.2) is 36.7 Å². The minimum absolute atomic E-state index is 0.352. The van der Waals surface area contributed by atoms with Gasteiger partial charge >= 0.3 is 0 Å². The molecule has 1 saturated heterocycles. The number of hydrogen-bond acceptors (Lipinski definition) is 3. The highest BCUT2D eigenvalue weighted by Crippen LogP contribution is 2.24. The molecule has 1 aliphatic heterocycles. The Hall–Kier alpha value is -1.45. The number of nitrogens with one attached hydrogen (secondary N) is 1. The molecule has 1 aromatic heterocycles. The minimum atomic E-state index is 0.352. The van der Waals surface area contributed by atoms with E-state index in [0.29, 0.717) is 6.04 Å². The van der Waals surface area contributed by atoms with E-state index in [1.807, 2.05) is 30.5 Å². The second-order valence-corrected chi connectivity index (χ2v) is 4.92. The summed E-state index contributed by atoms with van der Waals surface area (Å²) in [5, 5.41) is 4.17. The van der Waals surface area contributed by atoms with Crippen LogP contribution in [0.5, 0.6) is 0 Å². The number of halogens is 1. The lowest BCUT2D eigenvalue weighted by Gasteiger charge is -2.10. The van der Waals surface area contributed by atoms with E-state index in [2.05, 4.69) is 15.3 Å².